The third kappa shape index (κ3) is 18.9. The van der Waals surface area contributed by atoms with E-state index in [0.717, 1.165) is 0 Å². The Hall–Kier alpha value is 0.430. The fraction of sp³-hybridized carbons (Fsp3) is 1.00. The molecule has 0 saturated heterocycles. The van der Waals surface area contributed by atoms with Gasteiger partial charge in [-0.15, -0.1) is 0 Å². The maximum atomic E-state index is 2.35. The molecule has 0 aliphatic carbocycles. The third-order valence-corrected chi connectivity index (χ3v) is 12.9. The van der Waals surface area contributed by atoms with Crippen molar-refractivity contribution in [3.05, 3.63) is 0 Å². The third-order valence-electron chi connectivity index (χ3n) is 7.24. The van der Waals surface area contributed by atoms with Gasteiger partial charge in [0.25, 0.3) is 0 Å². The van der Waals surface area contributed by atoms with E-state index in [1.807, 2.05) is 0 Å². The van der Waals surface area contributed by atoms with Crippen molar-refractivity contribution in [2.24, 2.45) is 0 Å². The molecule has 0 fully saturated rings. The van der Waals surface area contributed by atoms with Crippen LogP contribution in [0, 0.1) is 0 Å². The molecule has 0 N–H and O–H groups in total. The van der Waals surface area contributed by atoms with Crippen LogP contribution in [0.4, 0.5) is 0 Å². The number of hydrogen-bond acceptors (Lipinski definition) is 0. The quantitative estimate of drug-likeness (QED) is 0.106. The van der Waals surface area contributed by atoms with Crippen LogP contribution in [-0.4, -0.2) is 24.6 Å². The zero-order chi connectivity index (χ0) is 21.5. The molecule has 0 rings (SSSR count). The van der Waals surface area contributed by atoms with Crippen molar-refractivity contribution in [3.63, 3.8) is 0 Å². The number of unbranched alkanes of at least 4 members (excludes halogenated alkanes) is 16. The maximum absolute atomic E-state index is 2.35. The van der Waals surface area contributed by atoms with E-state index in [1.165, 1.54) is 103 Å². The molecule has 0 aromatic carbocycles. The summed E-state index contributed by atoms with van der Waals surface area (Å²) in [6.07, 6.45) is 36.3. The topological polar surface area (TPSA) is 0 Å². The first-order valence-corrected chi connectivity index (χ1v) is 17.1. The van der Waals surface area contributed by atoms with Crippen molar-refractivity contribution in [1.82, 2.24) is 0 Å². The van der Waals surface area contributed by atoms with Crippen molar-refractivity contribution in [3.8, 4) is 0 Å². The van der Waals surface area contributed by atoms with Gasteiger partial charge in [-0.25, -0.2) is 0 Å². The van der Waals surface area contributed by atoms with E-state index in [9.17, 15) is 0 Å². The van der Waals surface area contributed by atoms with E-state index in [1.54, 1.807) is 50.3 Å². The van der Waals surface area contributed by atoms with Crippen molar-refractivity contribution < 1.29 is 0 Å². The van der Waals surface area contributed by atoms with Crippen LogP contribution in [0.5, 0.6) is 0 Å². The summed E-state index contributed by atoms with van der Waals surface area (Å²) in [5, 5.41) is 0. The van der Waals surface area contributed by atoms with Crippen molar-refractivity contribution in [2.45, 2.75) is 156 Å². The van der Waals surface area contributed by atoms with E-state index in [-0.39, 0.29) is 0 Å². The summed E-state index contributed by atoms with van der Waals surface area (Å²) in [7, 11) is -1.04. The van der Waals surface area contributed by atoms with Gasteiger partial charge in [0.2, 0.25) is 0 Å². The van der Waals surface area contributed by atoms with E-state index in [2.05, 4.69) is 27.7 Å². The Bertz CT molecular complexity index is 237. The van der Waals surface area contributed by atoms with Gasteiger partial charge in [-0.05, 0) is 0 Å². The Morgan fingerprint density at radius 2 is 0.483 bits per heavy atom. The second kappa shape index (κ2) is 23.1. The Balaban J connectivity index is 4.69. The normalized spacial score (nSPS) is 12.6. The van der Waals surface area contributed by atoms with E-state index >= 15 is 0 Å². The van der Waals surface area contributed by atoms with Crippen LogP contribution >= 0.6 is 7.26 Å². The molecule has 0 bridgehead atoms. The second-order valence-electron chi connectivity index (χ2n) is 10.2. The molecular weight excluding hydrogens is 367 g/mol. The van der Waals surface area contributed by atoms with Gasteiger partial charge in [0, 0.05) is 0 Å². The molecule has 0 amide bonds. The summed E-state index contributed by atoms with van der Waals surface area (Å²) in [6, 6.07) is 0. The van der Waals surface area contributed by atoms with Gasteiger partial charge in [-0.2, -0.15) is 0 Å². The van der Waals surface area contributed by atoms with E-state index in [0.29, 0.717) is 0 Å². The molecule has 0 spiro atoms. The van der Waals surface area contributed by atoms with E-state index < -0.39 is 7.26 Å². The summed E-state index contributed by atoms with van der Waals surface area (Å²) < 4.78 is 0. The van der Waals surface area contributed by atoms with E-state index in [4.69, 9.17) is 0 Å². The van der Waals surface area contributed by atoms with Gasteiger partial charge in [-0.3, -0.25) is 0 Å². The number of rotatable bonds is 24. The zero-order valence-electron chi connectivity index (χ0n) is 21.5. The predicted octanol–water partition coefficient (Wildman–Crippen LogP) is 10.6. The van der Waals surface area contributed by atoms with Crippen LogP contribution in [-0.2, 0) is 0 Å². The molecule has 0 aliphatic heterocycles. The summed E-state index contributed by atoms with van der Waals surface area (Å²) in [5.41, 5.74) is 0. The predicted molar refractivity (Wildman–Crippen MR) is 143 cm³/mol. The fourth-order valence-electron chi connectivity index (χ4n) is 5.16. The Morgan fingerprint density at radius 1 is 0.276 bits per heavy atom. The van der Waals surface area contributed by atoms with Gasteiger partial charge in [0.15, 0.2) is 0 Å². The Kier molecular flexibility index (Phi) is 23.4. The molecule has 0 saturated carbocycles. The first kappa shape index (κ1) is 29.4. The first-order chi connectivity index (χ1) is 14.2. The van der Waals surface area contributed by atoms with Crippen molar-refractivity contribution >= 4 is 7.26 Å². The number of hydrogen-bond donors (Lipinski definition) is 0. The van der Waals surface area contributed by atoms with Gasteiger partial charge in [0.05, 0.1) is 0 Å². The second-order valence-corrected chi connectivity index (χ2v) is 15.2. The van der Waals surface area contributed by atoms with Crippen LogP contribution in [0.15, 0.2) is 0 Å². The van der Waals surface area contributed by atoms with Crippen LogP contribution in [0.1, 0.15) is 156 Å². The van der Waals surface area contributed by atoms with Crippen LogP contribution in [0.25, 0.3) is 0 Å². The molecule has 1 heteroatoms. The molecule has 178 valence electrons. The molecule has 0 aromatic heterocycles. The minimum atomic E-state index is -1.04. The fourth-order valence-corrected chi connectivity index (χ4v) is 10.7. The zero-order valence-corrected chi connectivity index (χ0v) is 22.5. The molecule has 0 aliphatic rings. The first-order valence-electron chi connectivity index (χ1n) is 14.2. The average Bonchev–Trinajstić information content (AvgIpc) is 2.73. The molecule has 0 unspecified atom stereocenters. The van der Waals surface area contributed by atoms with Crippen LogP contribution < -0.4 is 0 Å². The molecule has 0 aromatic rings. The standard InChI is InChI=1S/C28H61P/c1-5-9-13-17-21-25-29(26-22-18-14-10-6-2,27-23-19-15-11-7-3)28-24-20-16-12-8-4/h29H,5-28H2,1-4H3. The SMILES string of the molecule is CCCCCCC[PH](CCCCCCC)(CCCCCCC)CCCCCCC. The molecule has 0 atom stereocenters. The molecule has 29 heavy (non-hydrogen) atoms. The monoisotopic (exact) mass is 428 g/mol. The summed E-state index contributed by atoms with van der Waals surface area (Å²) in [4.78, 5) is 0. The Labute approximate surface area is 188 Å². The van der Waals surface area contributed by atoms with Crippen LogP contribution in [0.3, 0.4) is 0 Å². The van der Waals surface area contributed by atoms with Crippen LogP contribution in [0.2, 0.25) is 0 Å². The molecule has 0 nitrogen and oxygen atoms in total. The molecule has 0 heterocycles. The molecule has 0 radical (unpaired) electrons. The Morgan fingerprint density at radius 3 is 0.690 bits per heavy atom. The van der Waals surface area contributed by atoms with Crippen molar-refractivity contribution in [1.29, 1.82) is 0 Å². The van der Waals surface area contributed by atoms with Gasteiger partial charge < -0.3 is 0 Å². The van der Waals surface area contributed by atoms with Gasteiger partial charge >= 0.3 is 188 Å². The summed E-state index contributed by atoms with van der Waals surface area (Å²) in [5.74, 6) is 0. The summed E-state index contributed by atoms with van der Waals surface area (Å²) >= 11 is 0. The van der Waals surface area contributed by atoms with Gasteiger partial charge in [-0.1, -0.05) is 0 Å². The minimum absolute atomic E-state index is 1.04. The molecular formula is C28H61P. The summed E-state index contributed by atoms with van der Waals surface area (Å²) in [6.45, 7) is 9.40. The van der Waals surface area contributed by atoms with Gasteiger partial charge in [0.1, 0.15) is 0 Å². The van der Waals surface area contributed by atoms with Crippen molar-refractivity contribution in [2.75, 3.05) is 24.6 Å². The average molecular weight is 429 g/mol.